The first-order valence-corrected chi connectivity index (χ1v) is 8.77. The smallest absolute Gasteiger partial charge is 0.0897 e. The fourth-order valence-corrected chi connectivity index (χ4v) is 4.06. The predicted molar refractivity (Wildman–Crippen MR) is 87.3 cm³/mol. The lowest BCUT2D eigenvalue weighted by atomic mass is 9.88. The van der Waals surface area contributed by atoms with Crippen molar-refractivity contribution in [3.05, 3.63) is 0 Å². The van der Waals surface area contributed by atoms with Crippen molar-refractivity contribution in [2.24, 2.45) is 22.7 Å². The van der Waals surface area contributed by atoms with Crippen LogP contribution in [0.3, 0.4) is 0 Å². The van der Waals surface area contributed by atoms with Crippen LogP contribution in [0.2, 0.25) is 0 Å². The minimum Gasteiger partial charge on any atom is -0.389 e. The van der Waals surface area contributed by atoms with Crippen LogP contribution < -0.4 is 5.32 Å². The van der Waals surface area contributed by atoms with Gasteiger partial charge < -0.3 is 15.2 Å². The molecule has 0 radical (unpaired) electrons. The van der Waals surface area contributed by atoms with E-state index in [0.29, 0.717) is 41.9 Å². The minimum atomic E-state index is -0.385. The molecule has 3 unspecified atom stereocenters. The number of rotatable bonds is 7. The lowest BCUT2D eigenvalue weighted by Crippen LogP contribution is -2.35. The van der Waals surface area contributed by atoms with Crippen molar-refractivity contribution in [1.82, 2.24) is 5.32 Å². The fraction of sp³-hybridized carbons (Fsp3) is 1.00. The summed E-state index contributed by atoms with van der Waals surface area (Å²) in [4.78, 5) is 0. The Balaban J connectivity index is 1.59. The van der Waals surface area contributed by atoms with Crippen molar-refractivity contribution in [1.29, 1.82) is 0 Å². The first-order chi connectivity index (χ1) is 9.76. The summed E-state index contributed by atoms with van der Waals surface area (Å²) in [6.45, 7) is 13.7. The highest BCUT2D eigenvalue weighted by Crippen LogP contribution is 2.67. The van der Waals surface area contributed by atoms with Gasteiger partial charge >= 0.3 is 0 Å². The lowest BCUT2D eigenvalue weighted by molar-refractivity contribution is -0.0451. The summed E-state index contributed by atoms with van der Waals surface area (Å²) in [5.41, 5.74) is 0.831. The summed E-state index contributed by atoms with van der Waals surface area (Å²) in [7, 11) is 0. The van der Waals surface area contributed by atoms with Crippen LogP contribution in [-0.4, -0.2) is 37.0 Å². The van der Waals surface area contributed by atoms with E-state index in [2.05, 4.69) is 39.9 Å². The Bertz CT molecular complexity index is 326. The molecule has 0 saturated heterocycles. The molecular weight excluding hydrogens is 262 g/mol. The molecule has 0 aromatic heterocycles. The third kappa shape index (κ3) is 3.80. The van der Waals surface area contributed by atoms with E-state index in [-0.39, 0.29) is 6.10 Å². The molecule has 0 aliphatic heterocycles. The van der Waals surface area contributed by atoms with Gasteiger partial charge in [0.15, 0.2) is 0 Å². The van der Waals surface area contributed by atoms with Gasteiger partial charge in [0.05, 0.1) is 18.8 Å². The largest absolute Gasteiger partial charge is 0.389 e. The van der Waals surface area contributed by atoms with Gasteiger partial charge in [0.1, 0.15) is 0 Å². The van der Waals surface area contributed by atoms with Crippen molar-refractivity contribution in [3.8, 4) is 0 Å². The summed E-state index contributed by atoms with van der Waals surface area (Å²) in [6, 6.07) is 0. The number of aliphatic hydroxyl groups excluding tert-OH is 1. The molecule has 2 N–H and O–H groups in total. The molecule has 0 heterocycles. The Morgan fingerprint density at radius 2 is 1.76 bits per heavy atom. The summed E-state index contributed by atoms with van der Waals surface area (Å²) in [5, 5.41) is 13.5. The van der Waals surface area contributed by atoms with E-state index < -0.39 is 0 Å². The van der Waals surface area contributed by atoms with Crippen LogP contribution in [-0.2, 0) is 4.74 Å². The number of aliphatic hydroxyl groups is 1. The molecule has 0 amide bonds. The second kappa shape index (κ2) is 6.55. The third-order valence-electron chi connectivity index (χ3n) is 6.58. The molecule has 2 saturated carbocycles. The van der Waals surface area contributed by atoms with Crippen LogP contribution in [0.15, 0.2) is 0 Å². The van der Waals surface area contributed by atoms with Gasteiger partial charge in [-0.15, -0.1) is 0 Å². The van der Waals surface area contributed by atoms with E-state index in [9.17, 15) is 5.11 Å². The minimum absolute atomic E-state index is 0.356. The summed E-state index contributed by atoms with van der Waals surface area (Å²) < 4.78 is 5.92. The average molecular weight is 297 g/mol. The maximum Gasteiger partial charge on any atom is 0.0897 e. The highest BCUT2D eigenvalue weighted by Gasteiger charge is 2.63. The zero-order valence-electron chi connectivity index (χ0n) is 14.6. The standard InChI is InChI=1S/C18H35NO2/c1-13-8-6-7-9-15(13)21-12-14(20)10-19-11-16-17(2,3)18(16,4)5/h13-16,19-20H,6-12H2,1-5H3. The molecule has 0 aromatic rings. The van der Waals surface area contributed by atoms with Crippen LogP contribution in [0.4, 0.5) is 0 Å². The average Bonchev–Trinajstić information content (AvgIpc) is 2.80. The normalized spacial score (nSPS) is 32.9. The molecule has 2 aliphatic rings. The first-order valence-electron chi connectivity index (χ1n) is 8.77. The van der Waals surface area contributed by atoms with Gasteiger partial charge in [-0.3, -0.25) is 0 Å². The molecule has 124 valence electrons. The van der Waals surface area contributed by atoms with Gasteiger partial charge in [-0.1, -0.05) is 47.5 Å². The van der Waals surface area contributed by atoms with Gasteiger partial charge in [0.2, 0.25) is 0 Å². The molecule has 0 aromatic carbocycles. The van der Waals surface area contributed by atoms with Gasteiger partial charge in [0, 0.05) is 6.54 Å². The van der Waals surface area contributed by atoms with E-state index >= 15 is 0 Å². The van der Waals surface area contributed by atoms with E-state index in [1.54, 1.807) is 0 Å². The van der Waals surface area contributed by atoms with Gasteiger partial charge in [-0.2, -0.15) is 0 Å². The number of hydrogen-bond acceptors (Lipinski definition) is 3. The van der Waals surface area contributed by atoms with Crippen LogP contribution in [0.5, 0.6) is 0 Å². The van der Waals surface area contributed by atoms with Gasteiger partial charge in [-0.25, -0.2) is 0 Å². The predicted octanol–water partition coefficient (Wildman–Crippen LogP) is 3.21. The summed E-state index contributed by atoms with van der Waals surface area (Å²) in [6.07, 6.45) is 5.00. The number of nitrogens with one attached hydrogen (secondary N) is 1. The highest BCUT2D eigenvalue weighted by atomic mass is 16.5. The molecule has 0 bridgehead atoms. The topological polar surface area (TPSA) is 41.5 Å². The number of ether oxygens (including phenoxy) is 1. The molecular formula is C18H35NO2. The van der Waals surface area contributed by atoms with Crippen molar-refractivity contribution < 1.29 is 9.84 Å². The second-order valence-electron chi connectivity index (χ2n) is 8.44. The van der Waals surface area contributed by atoms with Crippen molar-refractivity contribution in [2.45, 2.75) is 72.5 Å². The van der Waals surface area contributed by atoms with Crippen LogP contribution >= 0.6 is 0 Å². The van der Waals surface area contributed by atoms with E-state index in [1.165, 1.54) is 19.3 Å². The zero-order valence-corrected chi connectivity index (χ0v) is 14.6. The molecule has 2 rings (SSSR count). The van der Waals surface area contributed by atoms with Crippen molar-refractivity contribution in [2.75, 3.05) is 19.7 Å². The molecule has 2 aliphatic carbocycles. The molecule has 3 heteroatoms. The Morgan fingerprint density at radius 1 is 1.14 bits per heavy atom. The monoisotopic (exact) mass is 297 g/mol. The Morgan fingerprint density at radius 3 is 2.33 bits per heavy atom. The summed E-state index contributed by atoms with van der Waals surface area (Å²) in [5.74, 6) is 1.35. The summed E-state index contributed by atoms with van der Waals surface area (Å²) >= 11 is 0. The molecule has 3 atom stereocenters. The Kier molecular flexibility index (Phi) is 5.38. The van der Waals surface area contributed by atoms with E-state index in [0.717, 1.165) is 13.0 Å². The van der Waals surface area contributed by atoms with E-state index in [1.807, 2.05) is 0 Å². The van der Waals surface area contributed by atoms with Crippen LogP contribution in [0.1, 0.15) is 60.3 Å². The molecule has 21 heavy (non-hydrogen) atoms. The highest BCUT2D eigenvalue weighted by molar-refractivity contribution is 5.12. The van der Waals surface area contributed by atoms with Crippen LogP contribution in [0.25, 0.3) is 0 Å². The second-order valence-corrected chi connectivity index (χ2v) is 8.44. The number of hydrogen-bond donors (Lipinski definition) is 2. The van der Waals surface area contributed by atoms with Crippen LogP contribution in [0, 0.1) is 22.7 Å². The SMILES string of the molecule is CC1CCCCC1OCC(O)CNCC1C(C)(C)C1(C)C. The maximum absolute atomic E-state index is 10.1. The molecule has 0 spiro atoms. The Hall–Kier alpha value is -0.120. The van der Waals surface area contributed by atoms with E-state index in [4.69, 9.17) is 4.74 Å². The zero-order chi connectivity index (χ0) is 15.7. The maximum atomic E-state index is 10.1. The first kappa shape index (κ1) is 17.2. The van der Waals surface area contributed by atoms with Crippen molar-refractivity contribution >= 4 is 0 Å². The third-order valence-corrected chi connectivity index (χ3v) is 6.58. The quantitative estimate of drug-likeness (QED) is 0.758. The van der Waals surface area contributed by atoms with Gasteiger partial charge in [0.25, 0.3) is 0 Å². The molecule has 3 nitrogen and oxygen atoms in total. The van der Waals surface area contributed by atoms with Gasteiger partial charge in [-0.05, 0) is 42.1 Å². The molecule has 2 fully saturated rings. The Labute approximate surface area is 130 Å². The fourth-order valence-electron chi connectivity index (χ4n) is 4.06. The van der Waals surface area contributed by atoms with Crippen molar-refractivity contribution in [3.63, 3.8) is 0 Å². The lowest BCUT2D eigenvalue weighted by Gasteiger charge is -2.29.